The SMILES string of the molecule is COP(OCC1OC(n2cnc3c(N)nc(Cl)nc32)C(F)C1O)OP(O)OP(=O)(NC(C)C(=O)OCc1ccccc1)Oc1cccc2ccccc12. The topological polar surface area (TPSA) is 221 Å². The number of benzene rings is 3. The molecule has 53 heavy (non-hydrogen) atoms. The van der Waals surface area contributed by atoms with Crippen molar-refractivity contribution in [2.75, 3.05) is 19.5 Å². The van der Waals surface area contributed by atoms with E-state index in [9.17, 15) is 19.4 Å². The second-order valence-electron chi connectivity index (χ2n) is 11.3. The van der Waals surface area contributed by atoms with Gasteiger partial charge in [0.25, 0.3) is 0 Å². The van der Waals surface area contributed by atoms with Gasteiger partial charge in [-0.3, -0.25) is 9.36 Å². The average Bonchev–Trinajstić information content (AvgIpc) is 3.68. The van der Waals surface area contributed by atoms with Crippen LogP contribution in [0.2, 0.25) is 5.28 Å². The summed E-state index contributed by atoms with van der Waals surface area (Å²) in [5.74, 6) is -0.702. The van der Waals surface area contributed by atoms with Crippen LogP contribution in [0.3, 0.4) is 0 Å². The Morgan fingerprint density at radius 2 is 1.89 bits per heavy atom. The van der Waals surface area contributed by atoms with Gasteiger partial charge in [0.15, 0.2) is 23.9 Å². The number of aromatic nitrogens is 4. The maximum atomic E-state index is 15.3. The summed E-state index contributed by atoms with van der Waals surface area (Å²) in [6, 6.07) is 19.8. The largest absolute Gasteiger partial charge is 0.466 e. The second kappa shape index (κ2) is 17.3. The van der Waals surface area contributed by atoms with E-state index in [2.05, 4.69) is 20.0 Å². The highest BCUT2D eigenvalue weighted by Crippen LogP contribution is 2.62. The average molecular weight is 813 g/mol. The number of nitrogen functional groups attached to an aromatic ring is 1. The fourth-order valence-electron chi connectivity index (χ4n) is 5.18. The van der Waals surface area contributed by atoms with Crippen LogP contribution < -0.4 is 15.3 Å². The van der Waals surface area contributed by atoms with E-state index >= 15 is 4.39 Å². The van der Waals surface area contributed by atoms with Gasteiger partial charge >= 0.3 is 30.9 Å². The Morgan fingerprint density at radius 1 is 1.15 bits per heavy atom. The highest BCUT2D eigenvalue weighted by Gasteiger charge is 2.47. The molecule has 0 spiro atoms. The van der Waals surface area contributed by atoms with Gasteiger partial charge < -0.3 is 38.8 Å². The number of carbonyl (C=O) groups is 1. The maximum Gasteiger partial charge on any atom is 0.466 e. The van der Waals surface area contributed by atoms with E-state index in [0.717, 1.165) is 10.9 Å². The number of rotatable bonds is 16. The Balaban J connectivity index is 1.11. The van der Waals surface area contributed by atoms with Crippen molar-refractivity contribution in [2.24, 2.45) is 0 Å². The smallest absolute Gasteiger partial charge is 0.460 e. The van der Waals surface area contributed by atoms with Crippen molar-refractivity contribution in [3.05, 3.63) is 90.0 Å². The second-order valence-corrected chi connectivity index (χ2v) is 15.9. The molecular weight excluding hydrogens is 780 g/mol. The minimum absolute atomic E-state index is 0.0297. The number of halogens is 2. The lowest BCUT2D eigenvalue weighted by Crippen LogP contribution is -2.34. The van der Waals surface area contributed by atoms with E-state index in [1.807, 2.05) is 24.3 Å². The number of alkyl halides is 1. The van der Waals surface area contributed by atoms with E-state index in [1.54, 1.807) is 42.5 Å². The van der Waals surface area contributed by atoms with Crippen molar-refractivity contribution >= 4 is 70.3 Å². The molecule has 1 aliphatic rings. The van der Waals surface area contributed by atoms with E-state index in [4.69, 9.17) is 49.0 Å². The first-order valence-corrected chi connectivity index (χ1v) is 19.8. The third-order valence-corrected chi connectivity index (χ3v) is 12.2. The van der Waals surface area contributed by atoms with Crippen LogP contribution in [0.5, 0.6) is 5.75 Å². The molecule has 3 heterocycles. The van der Waals surface area contributed by atoms with E-state index < -0.39 is 68.2 Å². The van der Waals surface area contributed by atoms with Crippen LogP contribution in [0.1, 0.15) is 18.7 Å². The van der Waals surface area contributed by atoms with Gasteiger partial charge in [-0.1, -0.05) is 66.7 Å². The molecule has 8 atom stereocenters. The molecule has 0 amide bonds. The number of aliphatic hydroxyl groups is 1. The lowest BCUT2D eigenvalue weighted by atomic mass is 10.1. The normalized spacial score (nSPS) is 21.6. The van der Waals surface area contributed by atoms with Crippen LogP contribution in [0.15, 0.2) is 79.1 Å². The summed E-state index contributed by atoms with van der Waals surface area (Å²) in [6.07, 6.45) is -5.09. The highest BCUT2D eigenvalue weighted by molar-refractivity contribution is 7.64. The Kier molecular flexibility index (Phi) is 12.8. The number of esters is 1. The summed E-state index contributed by atoms with van der Waals surface area (Å²) in [5, 5.41) is 14.3. The predicted octanol–water partition coefficient (Wildman–Crippen LogP) is 5.86. The van der Waals surface area contributed by atoms with Gasteiger partial charge in [-0.2, -0.15) is 15.1 Å². The zero-order chi connectivity index (χ0) is 37.7. The number of fused-ring (bicyclic) bond motifs is 2. The summed E-state index contributed by atoms with van der Waals surface area (Å²) in [5.41, 5.74) is 6.81. The number of carbonyl (C=O) groups excluding carboxylic acids is 1. The van der Waals surface area contributed by atoms with Crippen LogP contribution in [-0.2, 0) is 43.1 Å². The third-order valence-electron chi connectivity index (χ3n) is 7.69. The fourth-order valence-corrected chi connectivity index (χ4v) is 9.14. The lowest BCUT2D eigenvalue weighted by molar-refractivity contribution is -0.146. The summed E-state index contributed by atoms with van der Waals surface area (Å²) < 4.78 is 69.3. The van der Waals surface area contributed by atoms with Gasteiger partial charge in [-0.25, -0.2) is 22.6 Å². The molecule has 5 aromatic rings. The van der Waals surface area contributed by atoms with Crippen molar-refractivity contribution in [1.29, 1.82) is 0 Å². The number of ether oxygens (including phenoxy) is 2. The Morgan fingerprint density at radius 3 is 2.66 bits per heavy atom. The standard InChI is InChI=1S/C31H33ClFN6O11P3/c1-18(30(41)45-15-19-9-4-3-5-10-19)38-53(43,48-22-14-8-12-20-11-6-7-13-21(20)22)50-51(42)49-52(44-2)46-16-23-26(40)24(33)29(47-23)39-17-35-25-27(34)36-31(32)37-28(25)39/h3-14,17-18,23-24,26,29,40,42H,15-16H2,1-2H3,(H,38,43)(H2,34,36,37). The summed E-state index contributed by atoms with van der Waals surface area (Å²) in [6.45, 7) is 0.840. The molecule has 0 bridgehead atoms. The molecule has 8 unspecified atom stereocenters. The third kappa shape index (κ3) is 9.43. The van der Waals surface area contributed by atoms with Crippen molar-refractivity contribution in [3.8, 4) is 5.75 Å². The molecular formula is C31H33ClFN6O11P3. The van der Waals surface area contributed by atoms with Crippen molar-refractivity contribution in [2.45, 2.75) is 44.2 Å². The Labute approximate surface area is 309 Å². The van der Waals surface area contributed by atoms with Gasteiger partial charge in [0, 0.05) is 12.5 Å². The highest BCUT2D eigenvalue weighted by atomic mass is 35.5. The van der Waals surface area contributed by atoms with Gasteiger partial charge in [-0.15, -0.1) is 0 Å². The van der Waals surface area contributed by atoms with Gasteiger partial charge in [0.1, 0.15) is 36.1 Å². The monoisotopic (exact) mass is 812 g/mol. The van der Waals surface area contributed by atoms with Crippen molar-refractivity contribution < 1.29 is 55.4 Å². The summed E-state index contributed by atoms with van der Waals surface area (Å²) in [4.78, 5) is 35.7. The fraction of sp³-hybridized carbons (Fsp3) is 0.290. The molecule has 0 radical (unpaired) electrons. The van der Waals surface area contributed by atoms with Crippen molar-refractivity contribution in [1.82, 2.24) is 24.6 Å². The van der Waals surface area contributed by atoms with E-state index in [1.165, 1.54) is 31.0 Å². The van der Waals surface area contributed by atoms with Crippen LogP contribution in [-0.4, -0.2) is 73.6 Å². The lowest BCUT2D eigenvalue weighted by Gasteiger charge is -2.25. The first kappa shape index (κ1) is 39.2. The van der Waals surface area contributed by atoms with Gasteiger partial charge in [0.2, 0.25) is 5.28 Å². The van der Waals surface area contributed by atoms with Gasteiger partial charge in [-0.05, 0) is 35.5 Å². The Bertz CT molecular complexity index is 2090. The minimum atomic E-state index is -4.64. The number of imidazole rings is 1. The number of nitrogens with zero attached hydrogens (tertiary/aromatic N) is 4. The molecule has 2 aromatic heterocycles. The zero-order valence-electron chi connectivity index (χ0n) is 27.8. The number of aliphatic hydroxyl groups excluding tert-OH is 1. The molecule has 1 fully saturated rings. The first-order chi connectivity index (χ1) is 25.4. The molecule has 17 nitrogen and oxygen atoms in total. The minimum Gasteiger partial charge on any atom is -0.460 e. The molecule has 5 N–H and O–H groups in total. The quantitative estimate of drug-likeness (QED) is 0.0520. The summed E-state index contributed by atoms with van der Waals surface area (Å²) in [7, 11) is -9.05. The van der Waals surface area contributed by atoms with Crippen LogP contribution >= 0.6 is 36.6 Å². The van der Waals surface area contributed by atoms with E-state index in [0.29, 0.717) is 5.39 Å². The number of anilines is 1. The molecule has 1 saturated heterocycles. The van der Waals surface area contributed by atoms with Crippen LogP contribution in [0.4, 0.5) is 10.2 Å². The number of hydrogen-bond acceptors (Lipinski definition) is 15. The van der Waals surface area contributed by atoms with E-state index in [-0.39, 0.29) is 34.6 Å². The molecule has 22 heteroatoms. The number of hydrogen-bond donors (Lipinski definition) is 4. The van der Waals surface area contributed by atoms with Crippen LogP contribution in [0, 0.1) is 0 Å². The van der Waals surface area contributed by atoms with Crippen molar-refractivity contribution in [3.63, 3.8) is 0 Å². The maximum absolute atomic E-state index is 15.3. The molecule has 6 rings (SSSR count). The summed E-state index contributed by atoms with van der Waals surface area (Å²) >= 11 is 5.92. The molecule has 0 saturated carbocycles. The molecule has 282 valence electrons. The number of nitrogens with two attached hydrogens (primary N) is 1. The molecule has 1 aliphatic heterocycles. The zero-order valence-corrected chi connectivity index (χ0v) is 31.3. The molecule has 0 aliphatic carbocycles. The molecule has 3 aromatic carbocycles. The Hall–Kier alpha value is -3.47. The van der Waals surface area contributed by atoms with Crippen LogP contribution in [0.25, 0.3) is 21.9 Å². The number of nitrogens with one attached hydrogen (secondary N) is 1. The predicted molar refractivity (Wildman–Crippen MR) is 192 cm³/mol. The van der Waals surface area contributed by atoms with Gasteiger partial charge in [0.05, 0.1) is 12.9 Å². The first-order valence-electron chi connectivity index (χ1n) is 15.7.